The number of ether oxygens (including phenoxy) is 3. The second-order valence-corrected chi connectivity index (χ2v) is 3.61. The Kier molecular flexibility index (Phi) is 5.08. The van der Waals surface area contributed by atoms with Crippen molar-refractivity contribution in [2.75, 3.05) is 27.9 Å². The Bertz CT molecular complexity index is 328. The molecule has 4 heteroatoms. The van der Waals surface area contributed by atoms with Gasteiger partial charge >= 0.3 is 0 Å². The second-order valence-electron chi connectivity index (χ2n) is 3.61. The Morgan fingerprint density at radius 3 is 2.38 bits per heavy atom. The van der Waals surface area contributed by atoms with Crippen molar-refractivity contribution < 1.29 is 14.2 Å². The van der Waals surface area contributed by atoms with Gasteiger partial charge in [-0.2, -0.15) is 0 Å². The van der Waals surface area contributed by atoms with Crippen molar-refractivity contribution in [1.82, 2.24) is 0 Å². The van der Waals surface area contributed by atoms with Crippen LogP contribution in [-0.4, -0.2) is 34.0 Å². The number of rotatable bonds is 6. The average molecular weight is 225 g/mol. The van der Waals surface area contributed by atoms with Gasteiger partial charge in [-0.15, -0.1) is 0 Å². The monoisotopic (exact) mass is 225 g/mol. The molecule has 1 atom stereocenters. The number of methoxy groups -OCH3 is 3. The minimum atomic E-state index is 0.00287. The molecule has 1 unspecified atom stereocenters. The lowest BCUT2D eigenvalue weighted by molar-refractivity contribution is 0.180. The molecule has 0 radical (unpaired) electrons. The van der Waals surface area contributed by atoms with Gasteiger partial charge in [0.1, 0.15) is 0 Å². The van der Waals surface area contributed by atoms with Crippen LogP contribution in [-0.2, 0) is 11.2 Å². The third-order valence-corrected chi connectivity index (χ3v) is 2.33. The van der Waals surface area contributed by atoms with Crippen molar-refractivity contribution >= 4 is 0 Å². The van der Waals surface area contributed by atoms with Crippen LogP contribution in [0.4, 0.5) is 0 Å². The summed E-state index contributed by atoms with van der Waals surface area (Å²) in [7, 11) is 4.89. The summed E-state index contributed by atoms with van der Waals surface area (Å²) in [4.78, 5) is 0. The number of hydrogen-bond acceptors (Lipinski definition) is 4. The van der Waals surface area contributed by atoms with E-state index in [9.17, 15) is 0 Å². The van der Waals surface area contributed by atoms with Crippen molar-refractivity contribution in [1.29, 1.82) is 0 Å². The SMILES string of the molecule is COCC(N)Cc1ccc(OC)c(OC)c1. The van der Waals surface area contributed by atoms with Crippen LogP contribution in [0.15, 0.2) is 18.2 Å². The quantitative estimate of drug-likeness (QED) is 0.791. The van der Waals surface area contributed by atoms with Crippen LogP contribution >= 0.6 is 0 Å². The average Bonchev–Trinajstić information content (AvgIpc) is 2.29. The summed E-state index contributed by atoms with van der Waals surface area (Å²) >= 11 is 0. The largest absolute Gasteiger partial charge is 0.493 e. The normalized spacial score (nSPS) is 12.2. The maximum Gasteiger partial charge on any atom is 0.160 e. The summed E-state index contributed by atoms with van der Waals surface area (Å²) in [5, 5.41) is 0. The number of nitrogens with two attached hydrogens (primary N) is 1. The highest BCUT2D eigenvalue weighted by molar-refractivity contribution is 5.43. The molecular formula is C12H19NO3. The lowest BCUT2D eigenvalue weighted by atomic mass is 10.1. The molecule has 0 heterocycles. The van der Waals surface area contributed by atoms with E-state index in [0.29, 0.717) is 6.61 Å². The van der Waals surface area contributed by atoms with Crippen molar-refractivity contribution in [2.45, 2.75) is 12.5 Å². The summed E-state index contributed by atoms with van der Waals surface area (Å²) in [6, 6.07) is 5.81. The Hall–Kier alpha value is -1.26. The predicted octanol–water partition coefficient (Wildman–Crippen LogP) is 1.22. The van der Waals surface area contributed by atoms with Gasteiger partial charge in [0.2, 0.25) is 0 Å². The fourth-order valence-electron chi connectivity index (χ4n) is 1.58. The van der Waals surface area contributed by atoms with E-state index in [1.54, 1.807) is 21.3 Å². The fraction of sp³-hybridized carbons (Fsp3) is 0.500. The third kappa shape index (κ3) is 3.40. The molecule has 0 amide bonds. The van der Waals surface area contributed by atoms with Crippen LogP contribution in [0.1, 0.15) is 5.56 Å². The van der Waals surface area contributed by atoms with Crippen LogP contribution in [0.2, 0.25) is 0 Å². The summed E-state index contributed by atoms with van der Waals surface area (Å²) in [6.45, 7) is 0.550. The van der Waals surface area contributed by atoms with Gasteiger partial charge in [0.25, 0.3) is 0 Å². The van der Waals surface area contributed by atoms with Crippen molar-refractivity contribution in [2.24, 2.45) is 5.73 Å². The molecule has 0 saturated carbocycles. The first kappa shape index (κ1) is 12.8. The zero-order chi connectivity index (χ0) is 12.0. The van der Waals surface area contributed by atoms with Crippen LogP contribution in [0, 0.1) is 0 Å². The van der Waals surface area contributed by atoms with Gasteiger partial charge in [-0.1, -0.05) is 6.07 Å². The second kappa shape index (κ2) is 6.35. The summed E-state index contributed by atoms with van der Waals surface area (Å²) in [5.41, 5.74) is 6.99. The summed E-state index contributed by atoms with van der Waals surface area (Å²) in [5.74, 6) is 1.45. The Morgan fingerprint density at radius 2 is 1.81 bits per heavy atom. The highest BCUT2D eigenvalue weighted by atomic mass is 16.5. The lowest BCUT2D eigenvalue weighted by Crippen LogP contribution is -2.27. The maximum absolute atomic E-state index is 5.88. The standard InChI is InChI=1S/C12H19NO3/c1-14-8-10(13)6-9-4-5-11(15-2)12(7-9)16-3/h4-5,7,10H,6,8,13H2,1-3H3. The minimum absolute atomic E-state index is 0.00287. The maximum atomic E-state index is 5.88. The molecule has 0 fully saturated rings. The van der Waals surface area contributed by atoms with E-state index in [1.807, 2.05) is 18.2 Å². The molecule has 0 aliphatic heterocycles. The van der Waals surface area contributed by atoms with Gasteiger partial charge in [0.15, 0.2) is 11.5 Å². The van der Waals surface area contributed by atoms with E-state index >= 15 is 0 Å². The summed E-state index contributed by atoms with van der Waals surface area (Å²) in [6.07, 6.45) is 0.758. The minimum Gasteiger partial charge on any atom is -0.493 e. The van der Waals surface area contributed by atoms with Crippen molar-refractivity contribution in [3.63, 3.8) is 0 Å². The molecule has 2 N–H and O–H groups in total. The Morgan fingerprint density at radius 1 is 1.12 bits per heavy atom. The molecule has 16 heavy (non-hydrogen) atoms. The third-order valence-electron chi connectivity index (χ3n) is 2.33. The molecule has 0 aliphatic carbocycles. The smallest absolute Gasteiger partial charge is 0.160 e. The molecule has 1 aromatic carbocycles. The highest BCUT2D eigenvalue weighted by Gasteiger charge is 2.08. The molecule has 0 saturated heterocycles. The molecule has 90 valence electrons. The van der Waals surface area contributed by atoms with Gasteiger partial charge in [-0.3, -0.25) is 0 Å². The first-order valence-corrected chi connectivity index (χ1v) is 5.16. The summed E-state index contributed by atoms with van der Waals surface area (Å²) < 4.78 is 15.4. The van der Waals surface area contributed by atoms with Crippen LogP contribution in [0.3, 0.4) is 0 Å². The molecule has 4 nitrogen and oxygen atoms in total. The van der Waals surface area contributed by atoms with Gasteiger partial charge in [-0.25, -0.2) is 0 Å². The van der Waals surface area contributed by atoms with Gasteiger partial charge in [0.05, 0.1) is 20.8 Å². The zero-order valence-electron chi connectivity index (χ0n) is 10.0. The highest BCUT2D eigenvalue weighted by Crippen LogP contribution is 2.27. The molecule has 1 rings (SSSR count). The van der Waals surface area contributed by atoms with Gasteiger partial charge < -0.3 is 19.9 Å². The molecule has 0 spiro atoms. The topological polar surface area (TPSA) is 53.7 Å². The Labute approximate surface area is 96.3 Å². The van der Waals surface area contributed by atoms with Crippen molar-refractivity contribution in [3.8, 4) is 11.5 Å². The van der Waals surface area contributed by atoms with E-state index in [0.717, 1.165) is 23.5 Å². The van der Waals surface area contributed by atoms with Crippen molar-refractivity contribution in [3.05, 3.63) is 23.8 Å². The predicted molar refractivity (Wildman–Crippen MR) is 63.1 cm³/mol. The van der Waals surface area contributed by atoms with Crippen LogP contribution in [0.5, 0.6) is 11.5 Å². The van der Waals surface area contributed by atoms with Crippen LogP contribution < -0.4 is 15.2 Å². The van der Waals surface area contributed by atoms with E-state index < -0.39 is 0 Å². The van der Waals surface area contributed by atoms with Gasteiger partial charge in [-0.05, 0) is 24.1 Å². The number of benzene rings is 1. The van der Waals surface area contributed by atoms with E-state index in [-0.39, 0.29) is 6.04 Å². The van der Waals surface area contributed by atoms with E-state index in [1.165, 1.54) is 0 Å². The molecular weight excluding hydrogens is 206 g/mol. The molecule has 1 aromatic rings. The number of hydrogen-bond donors (Lipinski definition) is 1. The first-order chi connectivity index (χ1) is 7.71. The Balaban J connectivity index is 2.74. The molecule has 0 bridgehead atoms. The zero-order valence-corrected chi connectivity index (χ0v) is 10.0. The lowest BCUT2D eigenvalue weighted by Gasteiger charge is -2.13. The van der Waals surface area contributed by atoms with Gasteiger partial charge in [0, 0.05) is 13.2 Å². The first-order valence-electron chi connectivity index (χ1n) is 5.16. The van der Waals surface area contributed by atoms with E-state index in [4.69, 9.17) is 19.9 Å². The van der Waals surface area contributed by atoms with Crippen LogP contribution in [0.25, 0.3) is 0 Å². The molecule has 0 aromatic heterocycles. The molecule has 0 aliphatic rings. The fourth-order valence-corrected chi connectivity index (χ4v) is 1.58. The van der Waals surface area contributed by atoms with E-state index in [2.05, 4.69) is 0 Å².